The molecule has 0 spiro atoms. The van der Waals surface area contributed by atoms with Crippen LogP contribution in [0.3, 0.4) is 0 Å². The number of thioether (sulfide) groups is 1. The van der Waals surface area contributed by atoms with Gasteiger partial charge in [-0.1, -0.05) is 102 Å². The molecule has 0 fully saturated rings. The first-order valence-corrected chi connectivity index (χ1v) is 13.6. The number of aromatic nitrogens is 2. The number of ether oxygens (including phenoxy) is 1. The lowest BCUT2D eigenvalue weighted by molar-refractivity contribution is -0.150. The normalized spacial score (nSPS) is 10.6. The second-order valence-corrected chi connectivity index (χ2v) is 10.6. The highest BCUT2D eigenvalue weighted by Gasteiger charge is 2.18. The molecule has 0 radical (unpaired) electrons. The molecule has 37 heavy (non-hydrogen) atoms. The van der Waals surface area contributed by atoms with Gasteiger partial charge in [0, 0.05) is 18.8 Å². The third kappa shape index (κ3) is 7.90. The molecule has 0 bridgehead atoms. The van der Waals surface area contributed by atoms with Crippen molar-refractivity contribution in [1.29, 1.82) is 0 Å². The predicted octanol–water partition coefficient (Wildman–Crippen LogP) is 5.76. The third-order valence-electron chi connectivity index (χ3n) is 5.57. The van der Waals surface area contributed by atoms with E-state index in [1.165, 1.54) is 23.1 Å². The number of rotatable bonds is 11. The van der Waals surface area contributed by atoms with Crippen molar-refractivity contribution in [1.82, 2.24) is 15.1 Å². The van der Waals surface area contributed by atoms with Crippen LogP contribution in [0.5, 0.6) is 0 Å². The van der Waals surface area contributed by atoms with Crippen LogP contribution in [0.1, 0.15) is 22.3 Å². The minimum atomic E-state index is -0.475. The fraction of sp³-hybridized carbons (Fsp3) is 0.214. The molecule has 0 saturated heterocycles. The molecule has 0 atom stereocenters. The van der Waals surface area contributed by atoms with Gasteiger partial charge in [0.1, 0.15) is 0 Å². The molecule has 0 aliphatic rings. The smallest absolute Gasteiger partial charge is 0.316 e. The van der Waals surface area contributed by atoms with E-state index in [9.17, 15) is 9.59 Å². The van der Waals surface area contributed by atoms with Gasteiger partial charge in [-0.05, 0) is 36.1 Å². The first-order chi connectivity index (χ1) is 18.0. The second-order valence-electron chi connectivity index (χ2n) is 8.44. The Labute approximate surface area is 224 Å². The molecule has 0 aliphatic carbocycles. The Bertz CT molecular complexity index is 1270. The van der Waals surface area contributed by atoms with Crippen molar-refractivity contribution in [2.45, 2.75) is 31.3 Å². The third-order valence-corrected chi connectivity index (χ3v) is 7.52. The van der Waals surface area contributed by atoms with E-state index in [-0.39, 0.29) is 18.3 Å². The second kappa shape index (κ2) is 13.0. The Morgan fingerprint density at radius 3 is 2.05 bits per heavy atom. The van der Waals surface area contributed by atoms with Crippen LogP contribution >= 0.6 is 23.1 Å². The van der Waals surface area contributed by atoms with E-state index >= 15 is 0 Å². The van der Waals surface area contributed by atoms with E-state index < -0.39 is 5.97 Å². The van der Waals surface area contributed by atoms with Crippen molar-refractivity contribution >= 4 is 45.8 Å². The van der Waals surface area contributed by atoms with E-state index in [4.69, 9.17) is 4.74 Å². The summed E-state index contributed by atoms with van der Waals surface area (Å²) < 4.78 is 5.95. The van der Waals surface area contributed by atoms with E-state index in [1.807, 2.05) is 92.7 Å². The summed E-state index contributed by atoms with van der Waals surface area (Å²) in [6.45, 7) is 4.62. The number of nitrogens with zero attached hydrogens (tertiary/aromatic N) is 3. The lowest BCUT2D eigenvalue weighted by Gasteiger charge is -2.23. The van der Waals surface area contributed by atoms with Crippen molar-refractivity contribution in [3.8, 4) is 0 Å². The van der Waals surface area contributed by atoms with Gasteiger partial charge in [-0.2, -0.15) is 0 Å². The summed E-state index contributed by atoms with van der Waals surface area (Å²) in [5.74, 6) is -0.679. The Balaban J connectivity index is 1.28. The van der Waals surface area contributed by atoms with E-state index in [2.05, 4.69) is 15.5 Å². The highest BCUT2D eigenvalue weighted by molar-refractivity contribution is 8.01. The molecule has 1 aromatic heterocycles. The molecular formula is C28H28N4O3S2. The average Bonchev–Trinajstić information content (AvgIpc) is 3.36. The molecule has 1 amide bonds. The Morgan fingerprint density at radius 2 is 1.46 bits per heavy atom. The summed E-state index contributed by atoms with van der Waals surface area (Å²) in [5, 5.41) is 12.3. The molecular weight excluding hydrogens is 504 g/mol. The highest BCUT2D eigenvalue weighted by atomic mass is 32.2. The maximum atomic E-state index is 13.0. The lowest BCUT2D eigenvalue weighted by Crippen LogP contribution is -2.34. The zero-order chi connectivity index (χ0) is 26.0. The number of esters is 1. The van der Waals surface area contributed by atoms with Crippen LogP contribution in [0, 0.1) is 13.8 Å². The zero-order valence-corrected chi connectivity index (χ0v) is 22.3. The zero-order valence-electron chi connectivity index (χ0n) is 20.7. The molecule has 4 rings (SSSR count). The van der Waals surface area contributed by atoms with E-state index in [0.29, 0.717) is 22.6 Å². The number of hydrogen-bond acceptors (Lipinski definition) is 8. The van der Waals surface area contributed by atoms with E-state index in [0.717, 1.165) is 27.9 Å². The van der Waals surface area contributed by atoms with Gasteiger partial charge in [-0.3, -0.25) is 9.59 Å². The number of carbonyl (C=O) groups excluding carboxylic acids is 2. The minimum absolute atomic E-state index is 0.0443. The SMILES string of the molecule is Cc1cccc(C)c1Nc1nnc(SCC(=O)OCC(=O)N(Cc2ccccc2)Cc2ccccc2)s1. The molecule has 190 valence electrons. The molecule has 0 aliphatic heterocycles. The maximum Gasteiger partial charge on any atom is 0.316 e. The van der Waals surface area contributed by atoms with Gasteiger partial charge in [-0.25, -0.2) is 0 Å². The first-order valence-electron chi connectivity index (χ1n) is 11.8. The number of benzene rings is 3. The van der Waals surface area contributed by atoms with Gasteiger partial charge in [0.15, 0.2) is 10.9 Å². The van der Waals surface area contributed by atoms with Gasteiger partial charge < -0.3 is 15.0 Å². The number of aryl methyl sites for hydroxylation is 2. The van der Waals surface area contributed by atoms with Crippen LogP contribution in [0.4, 0.5) is 10.8 Å². The van der Waals surface area contributed by atoms with Gasteiger partial charge in [0.2, 0.25) is 5.13 Å². The number of anilines is 2. The lowest BCUT2D eigenvalue weighted by atomic mass is 10.1. The van der Waals surface area contributed by atoms with E-state index in [1.54, 1.807) is 4.90 Å². The van der Waals surface area contributed by atoms with Gasteiger partial charge in [0.05, 0.1) is 5.75 Å². The predicted molar refractivity (Wildman–Crippen MR) is 148 cm³/mol. The van der Waals surface area contributed by atoms with Gasteiger partial charge in [-0.15, -0.1) is 10.2 Å². The molecule has 9 heteroatoms. The summed E-state index contributed by atoms with van der Waals surface area (Å²) in [4.78, 5) is 27.0. The maximum absolute atomic E-state index is 13.0. The molecule has 1 heterocycles. The molecule has 1 N–H and O–H groups in total. The van der Waals surface area contributed by atoms with Crippen molar-refractivity contribution in [3.63, 3.8) is 0 Å². The fourth-order valence-corrected chi connectivity index (χ4v) is 5.23. The standard InChI is InChI=1S/C28H28N4O3S2/c1-20-10-9-11-21(2)26(20)29-27-30-31-28(37-27)36-19-25(34)35-18-24(33)32(16-22-12-5-3-6-13-22)17-23-14-7-4-8-15-23/h3-15H,16-19H2,1-2H3,(H,29,30). The Hall–Kier alpha value is -3.69. The minimum Gasteiger partial charge on any atom is -0.455 e. The topological polar surface area (TPSA) is 84.4 Å². The van der Waals surface area contributed by atoms with Crippen molar-refractivity contribution in [2.75, 3.05) is 17.7 Å². The molecule has 3 aromatic carbocycles. The van der Waals surface area contributed by atoms with Crippen molar-refractivity contribution in [2.24, 2.45) is 0 Å². The Kier molecular flexibility index (Phi) is 9.29. The van der Waals surface area contributed by atoms with Crippen LogP contribution < -0.4 is 5.32 Å². The van der Waals surface area contributed by atoms with Gasteiger partial charge >= 0.3 is 5.97 Å². The number of amides is 1. The molecule has 7 nitrogen and oxygen atoms in total. The van der Waals surface area contributed by atoms with Gasteiger partial charge in [0.25, 0.3) is 5.91 Å². The number of hydrogen-bond donors (Lipinski definition) is 1. The number of para-hydroxylation sites is 1. The quantitative estimate of drug-likeness (QED) is 0.194. The summed E-state index contributed by atoms with van der Waals surface area (Å²) in [6, 6.07) is 25.6. The molecule has 4 aromatic rings. The largest absolute Gasteiger partial charge is 0.455 e. The highest BCUT2D eigenvalue weighted by Crippen LogP contribution is 2.30. The monoisotopic (exact) mass is 532 g/mol. The Morgan fingerprint density at radius 1 is 0.865 bits per heavy atom. The summed E-state index contributed by atoms with van der Waals surface area (Å²) in [7, 11) is 0. The number of nitrogens with one attached hydrogen (secondary N) is 1. The van der Waals surface area contributed by atoms with Crippen LogP contribution in [-0.4, -0.2) is 39.3 Å². The van der Waals surface area contributed by atoms with Crippen molar-refractivity contribution < 1.29 is 14.3 Å². The van der Waals surface area contributed by atoms with Crippen molar-refractivity contribution in [3.05, 3.63) is 101 Å². The molecule has 0 saturated carbocycles. The summed E-state index contributed by atoms with van der Waals surface area (Å²) in [5.41, 5.74) is 5.26. The fourth-order valence-electron chi connectivity index (χ4n) is 3.67. The molecule has 0 unspecified atom stereocenters. The van der Waals surface area contributed by atoms with Crippen LogP contribution in [0.25, 0.3) is 0 Å². The number of carbonyl (C=O) groups is 2. The average molecular weight is 533 g/mol. The first kappa shape index (κ1) is 26.4. The summed E-state index contributed by atoms with van der Waals surface area (Å²) >= 11 is 2.60. The van der Waals surface area contributed by atoms with Crippen LogP contribution in [0.15, 0.2) is 83.2 Å². The summed E-state index contributed by atoms with van der Waals surface area (Å²) in [6.07, 6.45) is 0. The van der Waals surface area contributed by atoms with Crippen LogP contribution in [0.2, 0.25) is 0 Å². The van der Waals surface area contributed by atoms with Crippen LogP contribution in [-0.2, 0) is 27.4 Å².